The third-order valence-corrected chi connectivity index (χ3v) is 4.75. The van der Waals surface area contributed by atoms with Crippen molar-refractivity contribution in [3.8, 4) is 5.75 Å². The van der Waals surface area contributed by atoms with Gasteiger partial charge in [0.15, 0.2) is 0 Å². The van der Waals surface area contributed by atoms with E-state index in [2.05, 4.69) is 0 Å². The fourth-order valence-electron chi connectivity index (χ4n) is 3.10. The zero-order valence-electron chi connectivity index (χ0n) is 14.8. The van der Waals surface area contributed by atoms with Gasteiger partial charge in [-0.05, 0) is 25.0 Å². The van der Waals surface area contributed by atoms with E-state index in [1.807, 2.05) is 48.2 Å². The molecule has 132 valence electrons. The van der Waals surface area contributed by atoms with Gasteiger partial charge in [-0.2, -0.15) is 0 Å². The molecule has 1 aromatic carbocycles. The van der Waals surface area contributed by atoms with E-state index >= 15 is 0 Å². The first-order valence-electron chi connectivity index (χ1n) is 8.69. The molecule has 1 atom stereocenters. The molecule has 0 saturated carbocycles. The first-order chi connectivity index (χ1) is 12.0. The summed E-state index contributed by atoms with van der Waals surface area (Å²) < 4.78 is 7.51. The predicted octanol–water partition coefficient (Wildman–Crippen LogP) is 2.31. The van der Waals surface area contributed by atoms with Crippen LogP contribution in [-0.4, -0.2) is 34.6 Å². The molecule has 1 aromatic heterocycles. The molecule has 1 aliphatic heterocycles. The number of carbonyl (C=O) groups excluding carboxylic acids is 1. The summed E-state index contributed by atoms with van der Waals surface area (Å²) in [4.78, 5) is 26.1. The van der Waals surface area contributed by atoms with Crippen molar-refractivity contribution in [2.24, 2.45) is 7.05 Å². The lowest BCUT2D eigenvalue weighted by molar-refractivity contribution is -0.130. The molecule has 1 amide bonds. The number of hydrogen-bond donors (Lipinski definition) is 0. The zero-order chi connectivity index (χ0) is 17.8. The van der Waals surface area contributed by atoms with Crippen LogP contribution in [0.2, 0.25) is 0 Å². The van der Waals surface area contributed by atoms with E-state index in [-0.39, 0.29) is 17.6 Å². The monoisotopic (exact) mass is 340 g/mol. The lowest BCUT2D eigenvalue weighted by atomic mass is 10.1. The van der Waals surface area contributed by atoms with Crippen LogP contribution in [0.25, 0.3) is 0 Å². The van der Waals surface area contributed by atoms with Crippen molar-refractivity contribution in [1.82, 2.24) is 9.47 Å². The SMILES string of the molecule is Cc1cc(OC2CCN(C(=O)CCc3ccccc3)C2)cc(=O)n1C. The number of benzene rings is 1. The van der Waals surface area contributed by atoms with Crippen LogP contribution in [0, 0.1) is 6.92 Å². The normalized spacial score (nSPS) is 16.9. The Bertz CT molecular complexity index is 798. The van der Waals surface area contributed by atoms with E-state index in [4.69, 9.17) is 4.74 Å². The molecular formula is C20H24N2O3. The number of pyridine rings is 1. The van der Waals surface area contributed by atoms with Crippen LogP contribution in [0.4, 0.5) is 0 Å². The maximum absolute atomic E-state index is 12.4. The van der Waals surface area contributed by atoms with Crippen LogP contribution in [0.15, 0.2) is 47.3 Å². The number of rotatable bonds is 5. The van der Waals surface area contributed by atoms with E-state index in [1.165, 1.54) is 11.6 Å². The molecule has 5 nitrogen and oxygen atoms in total. The lowest BCUT2D eigenvalue weighted by Gasteiger charge is -2.18. The second kappa shape index (κ2) is 7.55. The Hall–Kier alpha value is -2.56. The number of likely N-dealkylation sites (tertiary alicyclic amines) is 1. The predicted molar refractivity (Wildman–Crippen MR) is 96.8 cm³/mol. The van der Waals surface area contributed by atoms with E-state index in [0.717, 1.165) is 18.5 Å². The van der Waals surface area contributed by atoms with Crippen LogP contribution in [0.3, 0.4) is 0 Å². The van der Waals surface area contributed by atoms with Gasteiger partial charge in [0.25, 0.3) is 5.56 Å². The van der Waals surface area contributed by atoms with Crippen molar-refractivity contribution in [2.75, 3.05) is 13.1 Å². The average Bonchev–Trinajstić information content (AvgIpc) is 3.07. The maximum Gasteiger partial charge on any atom is 0.254 e. The first kappa shape index (κ1) is 17.3. The minimum Gasteiger partial charge on any atom is -0.488 e. The second-order valence-electron chi connectivity index (χ2n) is 6.58. The molecule has 2 heterocycles. The highest BCUT2D eigenvalue weighted by molar-refractivity contribution is 5.76. The van der Waals surface area contributed by atoms with Gasteiger partial charge in [0.2, 0.25) is 5.91 Å². The molecule has 0 N–H and O–H groups in total. The summed E-state index contributed by atoms with van der Waals surface area (Å²) in [5.41, 5.74) is 1.96. The van der Waals surface area contributed by atoms with Crippen molar-refractivity contribution >= 4 is 5.91 Å². The van der Waals surface area contributed by atoms with Gasteiger partial charge >= 0.3 is 0 Å². The zero-order valence-corrected chi connectivity index (χ0v) is 14.8. The molecule has 3 rings (SSSR count). The quantitative estimate of drug-likeness (QED) is 0.839. The summed E-state index contributed by atoms with van der Waals surface area (Å²) >= 11 is 0. The Morgan fingerprint density at radius 3 is 2.72 bits per heavy atom. The van der Waals surface area contributed by atoms with Gasteiger partial charge in [-0.15, -0.1) is 0 Å². The van der Waals surface area contributed by atoms with Gasteiger partial charge in [0, 0.05) is 38.2 Å². The number of ether oxygens (including phenoxy) is 1. The van der Waals surface area contributed by atoms with Crippen molar-refractivity contribution in [3.05, 3.63) is 64.1 Å². The number of hydrogen-bond acceptors (Lipinski definition) is 3. The molecular weight excluding hydrogens is 316 g/mol. The molecule has 0 aliphatic carbocycles. The summed E-state index contributed by atoms with van der Waals surface area (Å²) in [5, 5.41) is 0. The highest BCUT2D eigenvalue weighted by Gasteiger charge is 2.27. The van der Waals surface area contributed by atoms with Crippen molar-refractivity contribution < 1.29 is 9.53 Å². The summed E-state index contributed by atoms with van der Waals surface area (Å²) in [7, 11) is 1.74. The number of amides is 1. The summed E-state index contributed by atoms with van der Waals surface area (Å²) in [6, 6.07) is 13.4. The van der Waals surface area contributed by atoms with Gasteiger partial charge in [-0.1, -0.05) is 30.3 Å². The highest BCUT2D eigenvalue weighted by atomic mass is 16.5. The topological polar surface area (TPSA) is 51.5 Å². The molecule has 0 radical (unpaired) electrons. The standard InChI is InChI=1S/C20H24N2O3/c1-15-12-18(13-20(24)21(15)2)25-17-10-11-22(14-17)19(23)9-8-16-6-4-3-5-7-16/h3-7,12-13,17H,8-11,14H2,1-2H3. The Labute approximate surface area is 147 Å². The largest absolute Gasteiger partial charge is 0.488 e. The van der Waals surface area contributed by atoms with Crippen molar-refractivity contribution in [3.63, 3.8) is 0 Å². The van der Waals surface area contributed by atoms with E-state index in [9.17, 15) is 9.59 Å². The first-order valence-corrected chi connectivity index (χ1v) is 8.69. The minimum atomic E-state index is -0.0798. The van der Waals surface area contributed by atoms with Crippen molar-refractivity contribution in [1.29, 1.82) is 0 Å². The van der Waals surface area contributed by atoms with Crippen LogP contribution in [0.5, 0.6) is 5.75 Å². The van der Waals surface area contributed by atoms with Gasteiger partial charge in [0.05, 0.1) is 6.54 Å². The van der Waals surface area contributed by atoms with Crippen LogP contribution in [-0.2, 0) is 18.3 Å². The Morgan fingerprint density at radius 2 is 2.00 bits per heavy atom. The Kier molecular flexibility index (Phi) is 5.22. The molecule has 0 bridgehead atoms. The summed E-state index contributed by atoms with van der Waals surface area (Å²) in [5.74, 6) is 0.749. The van der Waals surface area contributed by atoms with E-state index < -0.39 is 0 Å². The van der Waals surface area contributed by atoms with Crippen LogP contribution >= 0.6 is 0 Å². The van der Waals surface area contributed by atoms with E-state index in [0.29, 0.717) is 25.3 Å². The molecule has 25 heavy (non-hydrogen) atoms. The maximum atomic E-state index is 12.4. The fourth-order valence-corrected chi connectivity index (χ4v) is 3.10. The van der Waals surface area contributed by atoms with Gasteiger partial charge in [-0.3, -0.25) is 9.59 Å². The number of carbonyl (C=O) groups is 1. The minimum absolute atomic E-state index is 0.0489. The van der Waals surface area contributed by atoms with Crippen LogP contribution in [0.1, 0.15) is 24.1 Å². The Balaban J connectivity index is 1.53. The molecule has 2 aromatic rings. The third kappa shape index (κ3) is 4.29. The van der Waals surface area contributed by atoms with Crippen LogP contribution < -0.4 is 10.3 Å². The Morgan fingerprint density at radius 1 is 1.24 bits per heavy atom. The number of aryl methyl sites for hydroxylation is 2. The van der Waals surface area contributed by atoms with E-state index in [1.54, 1.807) is 11.6 Å². The molecule has 1 fully saturated rings. The molecule has 1 aliphatic rings. The molecule has 5 heteroatoms. The smallest absolute Gasteiger partial charge is 0.254 e. The highest BCUT2D eigenvalue weighted by Crippen LogP contribution is 2.19. The van der Waals surface area contributed by atoms with Gasteiger partial charge < -0.3 is 14.2 Å². The third-order valence-electron chi connectivity index (χ3n) is 4.75. The molecule has 1 unspecified atom stereocenters. The number of nitrogens with zero attached hydrogens (tertiary/aromatic N) is 2. The lowest BCUT2D eigenvalue weighted by Crippen LogP contribution is -2.31. The molecule has 1 saturated heterocycles. The van der Waals surface area contributed by atoms with Gasteiger partial charge in [-0.25, -0.2) is 0 Å². The van der Waals surface area contributed by atoms with Crippen molar-refractivity contribution in [2.45, 2.75) is 32.3 Å². The average molecular weight is 340 g/mol. The summed E-state index contributed by atoms with van der Waals surface area (Å²) in [6.45, 7) is 3.17. The molecule has 0 spiro atoms. The fraction of sp³-hybridized carbons (Fsp3) is 0.400. The summed E-state index contributed by atoms with van der Waals surface area (Å²) in [6.07, 6.45) is 2.02. The van der Waals surface area contributed by atoms with Gasteiger partial charge in [0.1, 0.15) is 11.9 Å². The second-order valence-corrected chi connectivity index (χ2v) is 6.58. The number of aromatic nitrogens is 1.